The molecule has 0 saturated heterocycles. The first-order valence-corrected chi connectivity index (χ1v) is 13.0. The van der Waals surface area contributed by atoms with Crippen LogP contribution in [0.4, 0.5) is 0 Å². The molecule has 6 atom stereocenters. The topological polar surface area (TPSA) is 26.3 Å². The lowest BCUT2D eigenvalue weighted by Crippen LogP contribution is -2.43. The first-order valence-electron chi connectivity index (χ1n) is 10.0. The third-order valence-corrected chi connectivity index (χ3v) is 13.0. The molecule has 3 fully saturated rings. The number of ketones is 1. The van der Waals surface area contributed by atoms with E-state index in [1.807, 2.05) is 0 Å². The van der Waals surface area contributed by atoms with Gasteiger partial charge in [-0.05, 0) is 66.0 Å². The van der Waals surface area contributed by atoms with E-state index < -0.39 is 8.32 Å². The van der Waals surface area contributed by atoms with Gasteiger partial charge in [0.2, 0.25) is 0 Å². The molecule has 0 bridgehead atoms. The molecule has 0 spiro atoms. The van der Waals surface area contributed by atoms with Gasteiger partial charge in [0.25, 0.3) is 0 Å². The molecule has 3 aliphatic rings. The smallest absolute Gasteiger partial charge is 0.191 e. The van der Waals surface area contributed by atoms with Gasteiger partial charge >= 0.3 is 0 Å². The zero-order chi connectivity index (χ0) is 18.1. The zero-order valence-corrected chi connectivity index (χ0v) is 18.1. The summed E-state index contributed by atoms with van der Waals surface area (Å²) in [7, 11) is -1.70. The lowest BCUT2D eigenvalue weighted by Gasteiger charge is -2.39. The molecule has 0 heterocycles. The van der Waals surface area contributed by atoms with Crippen molar-refractivity contribution in [1.29, 1.82) is 0 Å². The van der Waals surface area contributed by atoms with Crippen LogP contribution >= 0.6 is 0 Å². The third kappa shape index (κ3) is 2.84. The average molecular weight is 351 g/mol. The van der Waals surface area contributed by atoms with Crippen LogP contribution in [0.5, 0.6) is 0 Å². The normalized spacial score (nSPS) is 41.6. The maximum absolute atomic E-state index is 12.5. The summed E-state index contributed by atoms with van der Waals surface area (Å²) in [5, 5.41) is 0.264. The fourth-order valence-corrected chi connectivity index (χ4v) is 6.71. The number of carbonyl (C=O) groups is 1. The van der Waals surface area contributed by atoms with Crippen molar-refractivity contribution in [3.63, 3.8) is 0 Å². The fraction of sp³-hybridized carbons (Fsp3) is 0.952. The van der Waals surface area contributed by atoms with Crippen molar-refractivity contribution < 1.29 is 9.22 Å². The minimum atomic E-state index is -1.70. The molecule has 0 aromatic carbocycles. The van der Waals surface area contributed by atoms with E-state index in [1.165, 1.54) is 12.8 Å². The van der Waals surface area contributed by atoms with E-state index in [0.29, 0.717) is 29.0 Å². The second-order valence-corrected chi connectivity index (χ2v) is 15.9. The highest BCUT2D eigenvalue weighted by molar-refractivity contribution is 6.74. The highest BCUT2D eigenvalue weighted by Gasteiger charge is 2.66. The Bertz CT molecular complexity index is 516. The van der Waals surface area contributed by atoms with E-state index in [2.05, 4.69) is 54.6 Å². The Hall–Kier alpha value is -0.153. The van der Waals surface area contributed by atoms with Crippen LogP contribution in [-0.2, 0) is 9.22 Å². The Balaban J connectivity index is 1.75. The summed E-state index contributed by atoms with van der Waals surface area (Å²) in [6.07, 6.45) is 3.42. The van der Waals surface area contributed by atoms with E-state index in [-0.39, 0.29) is 11.0 Å². The fourth-order valence-electron chi connectivity index (χ4n) is 5.65. The summed E-state index contributed by atoms with van der Waals surface area (Å²) in [6.45, 7) is 19.6. The minimum Gasteiger partial charge on any atom is -0.417 e. The van der Waals surface area contributed by atoms with Gasteiger partial charge in [-0.3, -0.25) is 4.79 Å². The number of Topliss-reactive ketones (excluding diaryl/α,β-unsaturated/α-hetero) is 1. The monoisotopic (exact) mass is 350 g/mol. The lowest BCUT2D eigenvalue weighted by molar-refractivity contribution is -0.121. The Morgan fingerprint density at radius 2 is 1.83 bits per heavy atom. The van der Waals surface area contributed by atoms with Crippen LogP contribution in [0.2, 0.25) is 18.1 Å². The van der Waals surface area contributed by atoms with Crippen LogP contribution in [0.1, 0.15) is 60.8 Å². The van der Waals surface area contributed by atoms with Gasteiger partial charge in [-0.15, -0.1) is 0 Å². The van der Waals surface area contributed by atoms with Crippen LogP contribution in [-0.4, -0.2) is 20.7 Å². The summed E-state index contributed by atoms with van der Waals surface area (Å²) in [4.78, 5) is 12.5. The number of carbonyl (C=O) groups excluding carboxylic acids is 1. The van der Waals surface area contributed by atoms with Gasteiger partial charge < -0.3 is 4.43 Å². The second kappa shape index (κ2) is 5.67. The van der Waals surface area contributed by atoms with Crippen molar-refractivity contribution in [2.75, 3.05) is 6.61 Å². The maximum atomic E-state index is 12.5. The van der Waals surface area contributed by atoms with Crippen LogP contribution < -0.4 is 0 Å². The molecule has 0 amide bonds. The van der Waals surface area contributed by atoms with Crippen molar-refractivity contribution in [2.45, 2.75) is 78.9 Å². The molecule has 0 aromatic heterocycles. The maximum Gasteiger partial charge on any atom is 0.191 e. The Kier molecular flexibility index (Phi) is 4.40. The lowest BCUT2D eigenvalue weighted by atomic mass is 9.76. The number of rotatable bonds is 3. The molecule has 3 saturated carbocycles. The van der Waals surface area contributed by atoms with Crippen LogP contribution in [0, 0.1) is 40.9 Å². The number of hydrogen-bond donors (Lipinski definition) is 0. The Morgan fingerprint density at radius 3 is 2.42 bits per heavy atom. The summed E-state index contributed by atoms with van der Waals surface area (Å²) >= 11 is 0. The van der Waals surface area contributed by atoms with E-state index >= 15 is 0 Å². The number of fused-ring (bicyclic) bond motifs is 3. The largest absolute Gasteiger partial charge is 0.417 e. The first-order chi connectivity index (χ1) is 10.9. The zero-order valence-electron chi connectivity index (χ0n) is 17.1. The summed E-state index contributed by atoms with van der Waals surface area (Å²) in [5.41, 5.74) is 0.465. The summed E-state index contributed by atoms with van der Waals surface area (Å²) in [6, 6.07) is 0. The second-order valence-electron chi connectivity index (χ2n) is 11.1. The van der Waals surface area contributed by atoms with Gasteiger partial charge in [0.1, 0.15) is 5.78 Å². The molecule has 138 valence electrons. The molecule has 0 aliphatic heterocycles. The third-order valence-electron chi connectivity index (χ3n) is 8.49. The van der Waals surface area contributed by atoms with Crippen LogP contribution in [0.25, 0.3) is 0 Å². The number of hydrogen-bond acceptors (Lipinski definition) is 2. The molecule has 0 radical (unpaired) electrons. The summed E-state index contributed by atoms with van der Waals surface area (Å²) in [5.74, 6) is 4.21. The van der Waals surface area contributed by atoms with Crippen LogP contribution in [0.15, 0.2) is 0 Å². The highest BCUT2D eigenvalue weighted by Crippen LogP contribution is 2.70. The van der Waals surface area contributed by atoms with Crippen molar-refractivity contribution in [2.24, 2.45) is 40.9 Å². The molecule has 0 N–H and O–H groups in total. The van der Waals surface area contributed by atoms with Gasteiger partial charge in [0.05, 0.1) is 0 Å². The first kappa shape index (κ1) is 18.6. The molecule has 0 aromatic rings. The van der Waals surface area contributed by atoms with Gasteiger partial charge in [-0.1, -0.05) is 41.5 Å². The Morgan fingerprint density at radius 1 is 1.21 bits per heavy atom. The SMILES string of the molecule is C[C@@H]1C(=O)C[C@H]2[C@@H](CO[Si](C)(C)C(C)(C)C)CC[C@@H]3[C@H]([C@@H]21)C3(C)C. The van der Waals surface area contributed by atoms with Gasteiger partial charge in [-0.25, -0.2) is 0 Å². The molecule has 3 aliphatic carbocycles. The quantitative estimate of drug-likeness (QED) is 0.625. The standard InChI is InChI=1S/C21H38O2Si/c1-13-17(22)11-15-14(12-23-24(7,8)20(2,3)4)9-10-16-19(18(13)15)21(16,5)6/h13-16,18-19H,9-12H2,1-8H3/t13-,14-,15+,16-,18-,19-/m1/s1. The van der Waals surface area contributed by atoms with Gasteiger partial charge in [-0.2, -0.15) is 0 Å². The molecule has 24 heavy (non-hydrogen) atoms. The van der Waals surface area contributed by atoms with Gasteiger partial charge in [0.15, 0.2) is 8.32 Å². The minimum absolute atomic E-state index is 0.264. The van der Waals surface area contributed by atoms with Gasteiger partial charge in [0, 0.05) is 18.9 Å². The molecule has 2 nitrogen and oxygen atoms in total. The molecular formula is C21H38O2Si. The predicted molar refractivity (Wildman–Crippen MR) is 102 cm³/mol. The molecule has 3 rings (SSSR count). The van der Waals surface area contributed by atoms with E-state index in [1.54, 1.807) is 0 Å². The van der Waals surface area contributed by atoms with Crippen molar-refractivity contribution in [3.8, 4) is 0 Å². The molecule has 3 heteroatoms. The average Bonchev–Trinajstić information content (AvgIpc) is 2.92. The van der Waals surface area contributed by atoms with E-state index in [9.17, 15) is 4.79 Å². The highest BCUT2D eigenvalue weighted by atomic mass is 28.4. The van der Waals surface area contributed by atoms with Crippen molar-refractivity contribution in [3.05, 3.63) is 0 Å². The predicted octanol–water partition coefficient (Wildman–Crippen LogP) is 5.53. The van der Waals surface area contributed by atoms with Crippen LogP contribution in [0.3, 0.4) is 0 Å². The Labute approximate surface area is 150 Å². The van der Waals surface area contributed by atoms with Crippen molar-refractivity contribution in [1.82, 2.24) is 0 Å². The van der Waals surface area contributed by atoms with E-state index in [4.69, 9.17) is 4.43 Å². The summed E-state index contributed by atoms with van der Waals surface area (Å²) < 4.78 is 6.60. The molecular weight excluding hydrogens is 312 g/mol. The molecule has 0 unspecified atom stereocenters. The van der Waals surface area contributed by atoms with E-state index in [0.717, 1.165) is 24.9 Å². The van der Waals surface area contributed by atoms with Crippen molar-refractivity contribution >= 4 is 14.1 Å².